The van der Waals surface area contributed by atoms with Crippen LogP contribution in [0.3, 0.4) is 0 Å². The molecule has 2 N–H and O–H groups in total. The number of nitrogens with zero attached hydrogens (tertiary/aromatic N) is 1. The van der Waals surface area contributed by atoms with Crippen LogP contribution in [0.15, 0.2) is 35.3 Å². The third kappa shape index (κ3) is 7.83. The zero-order chi connectivity index (χ0) is 17.5. The van der Waals surface area contributed by atoms with Gasteiger partial charge in [-0.25, -0.2) is 8.42 Å². The molecule has 0 aromatic heterocycles. The summed E-state index contributed by atoms with van der Waals surface area (Å²) in [5.74, 6) is 0.627. The fourth-order valence-electron chi connectivity index (χ4n) is 1.96. The Hall–Kier alpha value is -0.830. The van der Waals surface area contributed by atoms with Crippen molar-refractivity contribution in [2.75, 3.05) is 19.8 Å². The molecule has 0 fully saturated rings. The number of hydrogen-bond donors (Lipinski definition) is 2. The molecule has 0 aliphatic heterocycles. The number of hydrogen-bond acceptors (Lipinski definition) is 3. The van der Waals surface area contributed by atoms with Crippen LogP contribution < -0.4 is 10.6 Å². The van der Waals surface area contributed by atoms with Crippen LogP contribution in [-0.2, 0) is 16.3 Å². The Morgan fingerprint density at radius 1 is 1.25 bits per heavy atom. The van der Waals surface area contributed by atoms with Gasteiger partial charge in [-0.05, 0) is 39.2 Å². The molecule has 0 aliphatic rings. The summed E-state index contributed by atoms with van der Waals surface area (Å²) >= 11 is 0. The average molecular weight is 467 g/mol. The number of nitrogens with one attached hydrogen (secondary N) is 2. The van der Waals surface area contributed by atoms with Crippen LogP contribution in [0.25, 0.3) is 0 Å². The first-order valence-corrected chi connectivity index (χ1v) is 9.75. The van der Waals surface area contributed by atoms with Crippen molar-refractivity contribution in [1.29, 1.82) is 0 Å². The minimum Gasteiger partial charge on any atom is -0.355 e. The van der Waals surface area contributed by atoms with Crippen molar-refractivity contribution in [3.8, 4) is 0 Å². The van der Waals surface area contributed by atoms with E-state index < -0.39 is 14.6 Å². The topological polar surface area (TPSA) is 70.6 Å². The Morgan fingerprint density at radius 3 is 2.33 bits per heavy atom. The molecule has 0 aliphatic carbocycles. The fourth-order valence-corrected chi connectivity index (χ4v) is 2.29. The van der Waals surface area contributed by atoms with Gasteiger partial charge in [0.15, 0.2) is 15.8 Å². The Balaban J connectivity index is 0.00000529. The number of halogens is 1. The van der Waals surface area contributed by atoms with Crippen molar-refractivity contribution in [3.63, 3.8) is 0 Å². The Kier molecular flexibility index (Phi) is 9.87. The Labute approximate surface area is 163 Å². The second-order valence-electron chi connectivity index (χ2n) is 6.53. The zero-order valence-corrected chi connectivity index (χ0v) is 18.3. The summed E-state index contributed by atoms with van der Waals surface area (Å²) in [6, 6.07) is 10.6. The standard InChI is InChI=1S/C17H29N3O2S.HI/c1-14(11-12-15-9-7-6-8-10-15)20-16(18-4)19-13-17(2,3)23(5,21)22;/h6-10,14H,11-13H2,1-5H3,(H2,18,19,20);1H. The maximum atomic E-state index is 11.7. The molecule has 0 heterocycles. The summed E-state index contributed by atoms with van der Waals surface area (Å²) in [6.45, 7) is 5.83. The molecular formula is C17H30IN3O2S. The largest absolute Gasteiger partial charge is 0.355 e. The Bertz CT molecular complexity index is 616. The molecule has 7 heteroatoms. The summed E-state index contributed by atoms with van der Waals surface area (Å²) < 4.78 is 22.6. The molecule has 0 saturated heterocycles. The molecule has 1 atom stereocenters. The molecule has 1 rings (SSSR count). The first-order valence-electron chi connectivity index (χ1n) is 7.86. The highest BCUT2D eigenvalue weighted by atomic mass is 127. The predicted molar refractivity (Wildman–Crippen MR) is 113 cm³/mol. The van der Waals surface area contributed by atoms with E-state index >= 15 is 0 Å². The van der Waals surface area contributed by atoms with E-state index in [0.717, 1.165) is 12.8 Å². The lowest BCUT2D eigenvalue weighted by molar-refractivity contribution is 0.539. The van der Waals surface area contributed by atoms with E-state index in [4.69, 9.17) is 0 Å². The second kappa shape index (κ2) is 10.2. The zero-order valence-electron chi connectivity index (χ0n) is 15.2. The van der Waals surface area contributed by atoms with E-state index in [1.165, 1.54) is 11.8 Å². The highest BCUT2D eigenvalue weighted by molar-refractivity contribution is 14.0. The van der Waals surface area contributed by atoms with Crippen LogP contribution in [-0.4, -0.2) is 45.0 Å². The van der Waals surface area contributed by atoms with Gasteiger partial charge < -0.3 is 10.6 Å². The lowest BCUT2D eigenvalue weighted by atomic mass is 10.1. The number of rotatable bonds is 7. The van der Waals surface area contributed by atoms with Gasteiger partial charge in [-0.3, -0.25) is 4.99 Å². The molecule has 0 saturated carbocycles. The van der Waals surface area contributed by atoms with Gasteiger partial charge in [0.1, 0.15) is 0 Å². The number of guanidine groups is 1. The lowest BCUT2D eigenvalue weighted by Gasteiger charge is -2.25. The SMILES string of the molecule is CN=C(NCC(C)(C)S(C)(=O)=O)NC(C)CCc1ccccc1.I. The van der Waals surface area contributed by atoms with Crippen molar-refractivity contribution in [1.82, 2.24) is 10.6 Å². The summed E-state index contributed by atoms with van der Waals surface area (Å²) in [6.07, 6.45) is 3.22. The van der Waals surface area contributed by atoms with Crippen molar-refractivity contribution in [2.24, 2.45) is 4.99 Å². The second-order valence-corrected chi connectivity index (χ2v) is 9.18. The highest BCUT2D eigenvalue weighted by Gasteiger charge is 2.30. The molecule has 5 nitrogen and oxygen atoms in total. The van der Waals surface area contributed by atoms with E-state index in [1.54, 1.807) is 20.9 Å². The van der Waals surface area contributed by atoms with Crippen LogP contribution in [0.1, 0.15) is 32.8 Å². The first-order chi connectivity index (χ1) is 10.7. The molecular weight excluding hydrogens is 437 g/mol. The average Bonchev–Trinajstić information content (AvgIpc) is 2.49. The summed E-state index contributed by atoms with van der Waals surface area (Å²) in [7, 11) is -1.44. The molecule has 0 amide bonds. The van der Waals surface area contributed by atoms with E-state index in [9.17, 15) is 8.42 Å². The molecule has 1 aromatic carbocycles. The van der Waals surface area contributed by atoms with Crippen molar-refractivity contribution in [2.45, 2.75) is 44.4 Å². The minimum atomic E-state index is -3.13. The van der Waals surface area contributed by atoms with Gasteiger partial charge in [0.2, 0.25) is 0 Å². The van der Waals surface area contributed by atoms with Gasteiger partial charge in [0, 0.05) is 25.9 Å². The minimum absolute atomic E-state index is 0. The highest BCUT2D eigenvalue weighted by Crippen LogP contribution is 2.13. The van der Waals surface area contributed by atoms with Crippen LogP contribution in [0.5, 0.6) is 0 Å². The van der Waals surface area contributed by atoms with Crippen LogP contribution >= 0.6 is 24.0 Å². The molecule has 0 bridgehead atoms. The monoisotopic (exact) mass is 467 g/mol. The van der Waals surface area contributed by atoms with Gasteiger partial charge in [-0.15, -0.1) is 24.0 Å². The number of benzene rings is 1. The Morgan fingerprint density at radius 2 is 1.83 bits per heavy atom. The fraction of sp³-hybridized carbons (Fsp3) is 0.588. The molecule has 0 spiro atoms. The smallest absolute Gasteiger partial charge is 0.191 e. The maximum Gasteiger partial charge on any atom is 0.191 e. The van der Waals surface area contributed by atoms with Gasteiger partial charge in [-0.1, -0.05) is 30.3 Å². The van der Waals surface area contributed by atoms with Gasteiger partial charge in [0.25, 0.3) is 0 Å². The molecule has 1 aromatic rings. The van der Waals surface area contributed by atoms with Gasteiger partial charge >= 0.3 is 0 Å². The normalized spacial score (nSPS) is 13.8. The number of sulfone groups is 1. The van der Waals surface area contributed by atoms with Crippen LogP contribution in [0.4, 0.5) is 0 Å². The third-order valence-electron chi connectivity index (χ3n) is 4.00. The van der Waals surface area contributed by atoms with Crippen molar-refractivity contribution >= 4 is 39.8 Å². The molecule has 24 heavy (non-hydrogen) atoms. The molecule has 1 unspecified atom stereocenters. The summed E-state index contributed by atoms with van der Waals surface area (Å²) in [5.41, 5.74) is 1.31. The van der Waals surface area contributed by atoms with Crippen LogP contribution in [0.2, 0.25) is 0 Å². The first kappa shape index (κ1) is 23.2. The lowest BCUT2D eigenvalue weighted by Crippen LogP contribution is -2.49. The van der Waals surface area contributed by atoms with E-state index in [-0.39, 0.29) is 30.0 Å². The van der Waals surface area contributed by atoms with Gasteiger partial charge in [0.05, 0.1) is 4.75 Å². The molecule has 0 radical (unpaired) electrons. The van der Waals surface area contributed by atoms with E-state index in [1.807, 2.05) is 18.2 Å². The van der Waals surface area contributed by atoms with Crippen molar-refractivity contribution in [3.05, 3.63) is 35.9 Å². The third-order valence-corrected chi connectivity index (χ3v) is 6.15. The van der Waals surface area contributed by atoms with Gasteiger partial charge in [-0.2, -0.15) is 0 Å². The predicted octanol–water partition coefficient (Wildman–Crippen LogP) is 2.61. The summed E-state index contributed by atoms with van der Waals surface area (Å²) in [5, 5.41) is 6.41. The summed E-state index contributed by atoms with van der Waals surface area (Å²) in [4.78, 5) is 4.17. The number of aliphatic imine (C=N–C) groups is 1. The quantitative estimate of drug-likeness (QED) is 0.368. The maximum absolute atomic E-state index is 11.7. The van der Waals surface area contributed by atoms with Crippen LogP contribution in [0, 0.1) is 0 Å². The van der Waals surface area contributed by atoms with Crippen molar-refractivity contribution < 1.29 is 8.42 Å². The van der Waals surface area contributed by atoms with E-state index in [0.29, 0.717) is 12.5 Å². The van der Waals surface area contributed by atoms with E-state index in [2.05, 4.69) is 34.7 Å². The number of aryl methyl sites for hydroxylation is 1. The molecule has 138 valence electrons.